The van der Waals surface area contributed by atoms with Crippen molar-refractivity contribution in [1.29, 1.82) is 0 Å². The van der Waals surface area contributed by atoms with Gasteiger partial charge in [0.25, 0.3) is 0 Å². The number of piperazine rings is 1. The van der Waals surface area contributed by atoms with E-state index in [0.717, 1.165) is 24.5 Å². The fourth-order valence-corrected chi connectivity index (χ4v) is 3.19. The zero-order valence-corrected chi connectivity index (χ0v) is 11.8. The van der Waals surface area contributed by atoms with Crippen molar-refractivity contribution in [3.05, 3.63) is 0 Å². The summed E-state index contributed by atoms with van der Waals surface area (Å²) in [6.07, 6.45) is 2.86. The van der Waals surface area contributed by atoms with Gasteiger partial charge < -0.3 is 5.32 Å². The first-order chi connectivity index (χ1) is 8.22. The van der Waals surface area contributed by atoms with Gasteiger partial charge in [-0.2, -0.15) is 0 Å². The van der Waals surface area contributed by atoms with Crippen LogP contribution in [0.25, 0.3) is 0 Å². The van der Waals surface area contributed by atoms with Crippen LogP contribution in [0.5, 0.6) is 0 Å². The Balaban J connectivity index is 1.73. The van der Waals surface area contributed by atoms with Crippen LogP contribution in [0.3, 0.4) is 0 Å². The zero-order valence-electron chi connectivity index (χ0n) is 11.8. The average molecular weight is 239 g/mol. The molecule has 1 aliphatic carbocycles. The molecule has 1 heterocycles. The van der Waals surface area contributed by atoms with Crippen molar-refractivity contribution < 1.29 is 0 Å². The van der Waals surface area contributed by atoms with Gasteiger partial charge in [0.2, 0.25) is 0 Å². The molecule has 0 bridgehead atoms. The smallest absolute Gasteiger partial charge is 0.0137 e. The molecule has 2 fully saturated rings. The first-order valence-corrected chi connectivity index (χ1v) is 7.41. The zero-order chi connectivity index (χ0) is 12.3. The molecule has 0 radical (unpaired) electrons. The van der Waals surface area contributed by atoms with Gasteiger partial charge in [0.1, 0.15) is 0 Å². The quantitative estimate of drug-likeness (QED) is 0.782. The van der Waals surface area contributed by atoms with Crippen LogP contribution in [-0.2, 0) is 0 Å². The summed E-state index contributed by atoms with van der Waals surface area (Å²) in [7, 11) is 0. The van der Waals surface area contributed by atoms with Gasteiger partial charge in [-0.1, -0.05) is 6.92 Å². The summed E-state index contributed by atoms with van der Waals surface area (Å²) in [4.78, 5) is 5.35. The van der Waals surface area contributed by atoms with E-state index in [-0.39, 0.29) is 0 Å². The van der Waals surface area contributed by atoms with Crippen molar-refractivity contribution in [1.82, 2.24) is 15.1 Å². The van der Waals surface area contributed by atoms with Crippen LogP contribution in [0.1, 0.15) is 33.6 Å². The van der Waals surface area contributed by atoms with E-state index in [0.29, 0.717) is 0 Å². The van der Waals surface area contributed by atoms with Crippen molar-refractivity contribution in [2.45, 2.75) is 45.7 Å². The highest BCUT2D eigenvalue weighted by atomic mass is 15.3. The molecular formula is C14H29N3. The SMILES string of the molecule is CCNCC1CCC1N1CCN(C(C)C)CC1. The minimum absolute atomic E-state index is 0.719. The van der Waals surface area contributed by atoms with Gasteiger partial charge in [0, 0.05) is 38.3 Å². The molecule has 2 atom stereocenters. The summed E-state index contributed by atoms with van der Waals surface area (Å²) in [6.45, 7) is 14.3. The second-order valence-corrected chi connectivity index (χ2v) is 5.88. The highest BCUT2D eigenvalue weighted by molar-refractivity contribution is 4.92. The third-order valence-corrected chi connectivity index (χ3v) is 4.58. The molecule has 1 aliphatic heterocycles. The van der Waals surface area contributed by atoms with E-state index >= 15 is 0 Å². The van der Waals surface area contributed by atoms with Crippen LogP contribution in [-0.4, -0.2) is 61.2 Å². The highest BCUT2D eigenvalue weighted by Gasteiger charge is 2.36. The maximum atomic E-state index is 3.51. The first kappa shape index (κ1) is 13.3. The molecule has 0 amide bonds. The van der Waals surface area contributed by atoms with Crippen molar-refractivity contribution in [2.24, 2.45) is 5.92 Å². The number of hydrogen-bond acceptors (Lipinski definition) is 3. The molecule has 1 saturated heterocycles. The number of nitrogens with zero attached hydrogens (tertiary/aromatic N) is 2. The Bertz CT molecular complexity index is 222. The first-order valence-electron chi connectivity index (χ1n) is 7.41. The van der Waals surface area contributed by atoms with E-state index in [4.69, 9.17) is 0 Å². The van der Waals surface area contributed by atoms with E-state index in [1.54, 1.807) is 0 Å². The Morgan fingerprint density at radius 1 is 1.12 bits per heavy atom. The summed E-state index contributed by atoms with van der Waals surface area (Å²) in [5.41, 5.74) is 0. The fourth-order valence-electron chi connectivity index (χ4n) is 3.19. The predicted molar refractivity (Wildman–Crippen MR) is 73.3 cm³/mol. The number of rotatable bonds is 5. The molecule has 17 heavy (non-hydrogen) atoms. The van der Waals surface area contributed by atoms with Gasteiger partial charge in [0.05, 0.1) is 0 Å². The van der Waals surface area contributed by atoms with Gasteiger partial charge in [0.15, 0.2) is 0 Å². The third kappa shape index (κ3) is 3.21. The van der Waals surface area contributed by atoms with Crippen LogP contribution in [0.15, 0.2) is 0 Å². The van der Waals surface area contributed by atoms with Crippen molar-refractivity contribution in [2.75, 3.05) is 39.3 Å². The Labute approximate surface area is 107 Å². The number of hydrogen-bond donors (Lipinski definition) is 1. The lowest BCUT2D eigenvalue weighted by molar-refractivity contribution is 0.0136. The van der Waals surface area contributed by atoms with Crippen molar-refractivity contribution in [3.8, 4) is 0 Å². The van der Waals surface area contributed by atoms with Gasteiger partial charge in [-0.15, -0.1) is 0 Å². The molecule has 1 saturated carbocycles. The monoisotopic (exact) mass is 239 g/mol. The molecule has 0 aromatic heterocycles. The Morgan fingerprint density at radius 2 is 1.82 bits per heavy atom. The summed E-state index contributed by atoms with van der Waals surface area (Å²) in [6, 6.07) is 1.60. The van der Waals surface area contributed by atoms with Crippen LogP contribution in [0.4, 0.5) is 0 Å². The molecule has 3 heteroatoms. The fraction of sp³-hybridized carbons (Fsp3) is 1.00. The van der Waals surface area contributed by atoms with Crippen LogP contribution in [0.2, 0.25) is 0 Å². The molecule has 100 valence electrons. The Morgan fingerprint density at radius 3 is 2.29 bits per heavy atom. The maximum Gasteiger partial charge on any atom is 0.0137 e. The van der Waals surface area contributed by atoms with Gasteiger partial charge in [-0.25, -0.2) is 0 Å². The van der Waals surface area contributed by atoms with Gasteiger partial charge in [-0.05, 0) is 45.7 Å². The third-order valence-electron chi connectivity index (χ3n) is 4.58. The van der Waals surface area contributed by atoms with E-state index in [9.17, 15) is 0 Å². The van der Waals surface area contributed by atoms with Crippen LogP contribution in [0, 0.1) is 5.92 Å². The van der Waals surface area contributed by atoms with Crippen LogP contribution >= 0.6 is 0 Å². The summed E-state index contributed by atoms with van der Waals surface area (Å²) in [5.74, 6) is 0.917. The lowest BCUT2D eigenvalue weighted by Crippen LogP contribution is -2.57. The Kier molecular flexibility index (Phi) is 4.83. The summed E-state index contributed by atoms with van der Waals surface area (Å²) >= 11 is 0. The van der Waals surface area contributed by atoms with Crippen molar-refractivity contribution in [3.63, 3.8) is 0 Å². The standard InChI is InChI=1S/C14H29N3/c1-4-15-11-13-5-6-14(13)17-9-7-16(8-10-17)12(2)3/h12-15H,4-11H2,1-3H3. The lowest BCUT2D eigenvalue weighted by Gasteiger charge is -2.48. The summed E-state index contributed by atoms with van der Waals surface area (Å²) < 4.78 is 0. The lowest BCUT2D eigenvalue weighted by atomic mass is 9.78. The van der Waals surface area contributed by atoms with E-state index in [2.05, 4.69) is 35.9 Å². The molecule has 3 nitrogen and oxygen atoms in total. The van der Waals surface area contributed by atoms with Gasteiger partial charge >= 0.3 is 0 Å². The molecule has 0 aromatic rings. The molecule has 1 N–H and O–H groups in total. The van der Waals surface area contributed by atoms with E-state index in [1.807, 2.05) is 0 Å². The average Bonchev–Trinajstić information content (AvgIpc) is 2.29. The molecule has 2 unspecified atom stereocenters. The summed E-state index contributed by atoms with van der Waals surface area (Å²) in [5, 5.41) is 3.51. The van der Waals surface area contributed by atoms with Gasteiger partial charge in [-0.3, -0.25) is 9.80 Å². The second-order valence-electron chi connectivity index (χ2n) is 5.88. The minimum atomic E-state index is 0.719. The number of nitrogens with one attached hydrogen (secondary N) is 1. The molecule has 0 spiro atoms. The maximum absolute atomic E-state index is 3.51. The Hall–Kier alpha value is -0.120. The minimum Gasteiger partial charge on any atom is -0.317 e. The molecule has 2 aliphatic rings. The second kappa shape index (κ2) is 6.17. The van der Waals surface area contributed by atoms with Crippen LogP contribution < -0.4 is 5.32 Å². The topological polar surface area (TPSA) is 18.5 Å². The predicted octanol–water partition coefficient (Wildman–Crippen LogP) is 1.40. The normalized spacial score (nSPS) is 31.8. The van der Waals surface area contributed by atoms with E-state index in [1.165, 1.54) is 45.6 Å². The van der Waals surface area contributed by atoms with Crippen molar-refractivity contribution >= 4 is 0 Å². The molecule has 2 rings (SSSR count). The van der Waals surface area contributed by atoms with E-state index < -0.39 is 0 Å². The largest absolute Gasteiger partial charge is 0.317 e. The highest BCUT2D eigenvalue weighted by Crippen LogP contribution is 2.32. The molecular weight excluding hydrogens is 210 g/mol. The molecule has 0 aromatic carbocycles.